The molecule has 4 heteroatoms. The van der Waals surface area contributed by atoms with Crippen LogP contribution in [0.25, 0.3) is 0 Å². The summed E-state index contributed by atoms with van der Waals surface area (Å²) < 4.78 is 5.22. The summed E-state index contributed by atoms with van der Waals surface area (Å²) in [5.41, 5.74) is 2.80. The molecule has 3 nitrogen and oxygen atoms in total. The Labute approximate surface area is 131 Å². The minimum Gasteiger partial charge on any atom is -0.465 e. The SMILES string of the molecule is CC(=O)OC[C@@H]1CN(C)[C@@H]2CCc3ccccc3[C@H]2[C@H]1Cl. The van der Waals surface area contributed by atoms with Gasteiger partial charge in [0.2, 0.25) is 0 Å². The maximum absolute atomic E-state index is 11.1. The van der Waals surface area contributed by atoms with E-state index >= 15 is 0 Å². The number of benzene rings is 1. The van der Waals surface area contributed by atoms with Crippen LogP contribution in [0.3, 0.4) is 0 Å². The Hall–Kier alpha value is -1.06. The summed E-state index contributed by atoms with van der Waals surface area (Å²) in [6.45, 7) is 2.76. The van der Waals surface area contributed by atoms with E-state index in [9.17, 15) is 4.79 Å². The first-order valence-electron chi connectivity index (χ1n) is 7.63. The fourth-order valence-electron chi connectivity index (χ4n) is 3.92. The van der Waals surface area contributed by atoms with Crippen molar-refractivity contribution in [1.29, 1.82) is 0 Å². The summed E-state index contributed by atoms with van der Waals surface area (Å²) in [4.78, 5) is 13.5. The summed E-state index contributed by atoms with van der Waals surface area (Å²) >= 11 is 6.81. The Balaban J connectivity index is 1.86. The topological polar surface area (TPSA) is 29.5 Å². The molecule has 1 saturated heterocycles. The molecule has 0 bridgehead atoms. The molecule has 0 radical (unpaired) electrons. The van der Waals surface area contributed by atoms with Crippen LogP contribution in [0.1, 0.15) is 30.4 Å². The largest absolute Gasteiger partial charge is 0.465 e. The van der Waals surface area contributed by atoms with Gasteiger partial charge in [-0.15, -0.1) is 11.6 Å². The molecule has 114 valence electrons. The number of ether oxygens (including phenoxy) is 1. The van der Waals surface area contributed by atoms with Crippen LogP contribution in [0.2, 0.25) is 0 Å². The Bertz CT molecular complexity index is 533. The van der Waals surface area contributed by atoms with E-state index in [1.54, 1.807) is 0 Å². The fraction of sp³-hybridized carbons (Fsp3) is 0.588. The Morgan fingerprint density at radius 1 is 1.43 bits per heavy atom. The Morgan fingerprint density at radius 3 is 2.95 bits per heavy atom. The van der Waals surface area contributed by atoms with Gasteiger partial charge in [-0.05, 0) is 31.0 Å². The highest BCUT2D eigenvalue weighted by atomic mass is 35.5. The number of likely N-dealkylation sites (tertiary alicyclic amines) is 1. The highest BCUT2D eigenvalue weighted by molar-refractivity contribution is 6.21. The van der Waals surface area contributed by atoms with Gasteiger partial charge in [0.25, 0.3) is 0 Å². The van der Waals surface area contributed by atoms with E-state index in [0.29, 0.717) is 18.6 Å². The third-order valence-electron chi connectivity index (χ3n) is 4.92. The molecule has 1 aliphatic carbocycles. The van der Waals surface area contributed by atoms with E-state index in [0.717, 1.165) is 19.4 Å². The second kappa shape index (κ2) is 5.98. The van der Waals surface area contributed by atoms with Gasteiger partial charge in [0.15, 0.2) is 0 Å². The normalized spacial score (nSPS) is 32.1. The summed E-state index contributed by atoms with van der Waals surface area (Å²) in [5, 5.41) is 0.0204. The minimum atomic E-state index is -0.229. The van der Waals surface area contributed by atoms with Crippen molar-refractivity contribution in [2.45, 2.75) is 37.1 Å². The predicted molar refractivity (Wildman–Crippen MR) is 83.7 cm³/mol. The fourth-order valence-corrected chi connectivity index (χ4v) is 4.38. The van der Waals surface area contributed by atoms with Gasteiger partial charge >= 0.3 is 5.97 Å². The summed E-state index contributed by atoms with van der Waals surface area (Å²) in [7, 11) is 2.16. The first-order valence-corrected chi connectivity index (χ1v) is 8.07. The van der Waals surface area contributed by atoms with Gasteiger partial charge < -0.3 is 9.64 Å². The number of hydrogen-bond donors (Lipinski definition) is 0. The minimum absolute atomic E-state index is 0.0204. The van der Waals surface area contributed by atoms with Crippen LogP contribution < -0.4 is 0 Å². The van der Waals surface area contributed by atoms with Crippen molar-refractivity contribution in [2.75, 3.05) is 20.2 Å². The summed E-state index contributed by atoms with van der Waals surface area (Å²) in [5.74, 6) is 0.289. The number of carbonyl (C=O) groups is 1. The molecule has 0 unspecified atom stereocenters. The van der Waals surface area contributed by atoms with E-state index in [1.807, 2.05) is 0 Å². The number of esters is 1. The average molecular weight is 308 g/mol. The van der Waals surface area contributed by atoms with E-state index in [2.05, 4.69) is 36.2 Å². The summed E-state index contributed by atoms with van der Waals surface area (Å²) in [6.07, 6.45) is 2.28. The number of carbonyl (C=O) groups excluding carboxylic acids is 1. The van der Waals surface area contributed by atoms with Crippen LogP contribution in [0.5, 0.6) is 0 Å². The molecule has 2 aliphatic rings. The van der Waals surface area contributed by atoms with Crippen LogP contribution >= 0.6 is 11.6 Å². The van der Waals surface area contributed by atoms with Crippen LogP contribution in [0.4, 0.5) is 0 Å². The number of piperidine rings is 1. The number of nitrogens with zero attached hydrogens (tertiary/aromatic N) is 1. The Morgan fingerprint density at radius 2 is 2.19 bits per heavy atom. The van der Waals surface area contributed by atoms with Gasteiger partial charge in [0, 0.05) is 36.7 Å². The number of fused-ring (bicyclic) bond motifs is 3. The van der Waals surface area contributed by atoms with E-state index in [-0.39, 0.29) is 17.3 Å². The van der Waals surface area contributed by atoms with Gasteiger partial charge in [-0.2, -0.15) is 0 Å². The molecule has 0 spiro atoms. The first kappa shape index (κ1) is 14.9. The second-order valence-electron chi connectivity index (χ2n) is 6.28. The molecule has 1 heterocycles. The van der Waals surface area contributed by atoms with Crippen LogP contribution in [0.15, 0.2) is 24.3 Å². The molecule has 1 fully saturated rings. The van der Waals surface area contributed by atoms with E-state index in [4.69, 9.17) is 16.3 Å². The van der Waals surface area contributed by atoms with Gasteiger partial charge in [0.1, 0.15) is 0 Å². The number of alkyl halides is 1. The zero-order valence-electron chi connectivity index (χ0n) is 12.6. The molecule has 21 heavy (non-hydrogen) atoms. The average Bonchev–Trinajstić information content (AvgIpc) is 2.48. The maximum Gasteiger partial charge on any atom is 0.302 e. The second-order valence-corrected chi connectivity index (χ2v) is 6.78. The maximum atomic E-state index is 11.1. The van der Waals surface area contributed by atoms with Crippen molar-refractivity contribution < 1.29 is 9.53 Å². The van der Waals surface area contributed by atoms with E-state index in [1.165, 1.54) is 18.1 Å². The van der Waals surface area contributed by atoms with Crippen molar-refractivity contribution in [1.82, 2.24) is 4.90 Å². The number of hydrogen-bond acceptors (Lipinski definition) is 3. The highest BCUT2D eigenvalue weighted by Crippen LogP contribution is 2.44. The standard InChI is InChI=1S/C17H22ClNO2/c1-11(20)21-10-13-9-19(2)15-8-7-12-5-3-4-6-14(12)16(15)17(13)18/h3-6,13,15-17H,7-10H2,1-2H3/t13-,15+,16+,17-/m0/s1. The zero-order chi connectivity index (χ0) is 15.0. The van der Waals surface area contributed by atoms with Crippen molar-refractivity contribution in [3.05, 3.63) is 35.4 Å². The van der Waals surface area contributed by atoms with Crippen molar-refractivity contribution in [2.24, 2.45) is 5.92 Å². The van der Waals surface area contributed by atoms with Gasteiger partial charge in [-0.3, -0.25) is 4.79 Å². The highest BCUT2D eigenvalue weighted by Gasteiger charge is 2.44. The Kier molecular flexibility index (Phi) is 4.23. The third-order valence-corrected chi connectivity index (χ3v) is 5.55. The molecule has 1 aromatic rings. The molecular formula is C17H22ClNO2. The molecule has 1 aliphatic heterocycles. The molecule has 0 saturated carbocycles. The van der Waals surface area contributed by atoms with Crippen molar-refractivity contribution in [3.8, 4) is 0 Å². The predicted octanol–water partition coefficient (Wildman–Crippen LogP) is 2.82. The third kappa shape index (κ3) is 2.82. The van der Waals surface area contributed by atoms with Gasteiger partial charge in [-0.1, -0.05) is 24.3 Å². The zero-order valence-corrected chi connectivity index (χ0v) is 13.3. The van der Waals surface area contributed by atoms with Crippen molar-refractivity contribution in [3.63, 3.8) is 0 Å². The lowest BCUT2D eigenvalue weighted by molar-refractivity contribution is -0.143. The number of rotatable bonds is 2. The van der Waals surface area contributed by atoms with Gasteiger partial charge in [-0.25, -0.2) is 0 Å². The monoisotopic (exact) mass is 307 g/mol. The van der Waals surface area contributed by atoms with Gasteiger partial charge in [0.05, 0.1) is 6.61 Å². The first-order chi connectivity index (χ1) is 10.1. The molecule has 1 aromatic carbocycles. The molecule has 0 amide bonds. The molecular weight excluding hydrogens is 286 g/mol. The van der Waals surface area contributed by atoms with Crippen molar-refractivity contribution >= 4 is 17.6 Å². The lowest BCUT2D eigenvalue weighted by atomic mass is 9.71. The summed E-state index contributed by atoms with van der Waals surface area (Å²) in [6, 6.07) is 9.12. The molecule has 4 atom stereocenters. The van der Waals surface area contributed by atoms with E-state index < -0.39 is 0 Å². The smallest absolute Gasteiger partial charge is 0.302 e. The van der Waals surface area contributed by atoms with Crippen LogP contribution in [-0.4, -0.2) is 42.5 Å². The number of halogens is 1. The quantitative estimate of drug-likeness (QED) is 0.621. The lowest BCUT2D eigenvalue weighted by Gasteiger charge is -2.48. The molecule has 0 N–H and O–H groups in total. The molecule has 3 rings (SSSR count). The number of likely N-dealkylation sites (N-methyl/N-ethyl adjacent to an activating group) is 1. The number of aryl methyl sites for hydroxylation is 1. The lowest BCUT2D eigenvalue weighted by Crippen LogP contribution is -2.54. The van der Waals surface area contributed by atoms with Crippen LogP contribution in [0, 0.1) is 5.92 Å². The molecule has 0 aromatic heterocycles. The van der Waals surface area contributed by atoms with Crippen LogP contribution in [-0.2, 0) is 16.0 Å².